The van der Waals surface area contributed by atoms with E-state index in [9.17, 15) is 9.59 Å². The maximum atomic E-state index is 12.2. The van der Waals surface area contributed by atoms with Gasteiger partial charge in [-0.1, -0.05) is 23.7 Å². The second-order valence-electron chi connectivity index (χ2n) is 7.44. The Labute approximate surface area is 179 Å². The number of carbonyl (C=O) groups is 1. The van der Waals surface area contributed by atoms with E-state index in [4.69, 9.17) is 11.6 Å². The van der Waals surface area contributed by atoms with E-state index in [-0.39, 0.29) is 11.5 Å². The largest absolute Gasteiger partial charge is 0.326 e. The van der Waals surface area contributed by atoms with E-state index >= 15 is 0 Å². The lowest BCUT2D eigenvalue weighted by atomic mass is 10.2. The van der Waals surface area contributed by atoms with Crippen LogP contribution in [-0.4, -0.2) is 57.8 Å². The minimum atomic E-state index is -0.0556. The lowest BCUT2D eigenvalue weighted by Crippen LogP contribution is -2.46. The van der Waals surface area contributed by atoms with Crippen LogP contribution in [0.25, 0.3) is 5.65 Å². The lowest BCUT2D eigenvalue weighted by molar-refractivity contribution is -0.116. The Morgan fingerprint density at radius 2 is 1.83 bits per heavy atom. The van der Waals surface area contributed by atoms with Gasteiger partial charge in [-0.15, -0.1) is 0 Å². The number of nitrogens with zero attached hydrogens (tertiary/aromatic N) is 4. The number of fused-ring (bicyclic) bond motifs is 1. The average Bonchev–Trinajstić information content (AvgIpc) is 2.73. The molecule has 3 heterocycles. The predicted octanol–water partition coefficient (Wildman–Crippen LogP) is 2.49. The molecule has 0 bridgehead atoms. The van der Waals surface area contributed by atoms with Gasteiger partial charge < -0.3 is 10.2 Å². The van der Waals surface area contributed by atoms with E-state index in [1.165, 1.54) is 0 Å². The van der Waals surface area contributed by atoms with Crippen LogP contribution < -0.4 is 10.9 Å². The fourth-order valence-corrected chi connectivity index (χ4v) is 3.82. The van der Waals surface area contributed by atoms with Gasteiger partial charge in [-0.3, -0.25) is 18.9 Å². The zero-order chi connectivity index (χ0) is 20.9. The first-order chi connectivity index (χ1) is 14.6. The molecule has 0 radical (unpaired) electrons. The van der Waals surface area contributed by atoms with Gasteiger partial charge in [-0.05, 0) is 30.3 Å². The van der Waals surface area contributed by atoms with E-state index in [2.05, 4.69) is 20.1 Å². The second-order valence-corrected chi connectivity index (χ2v) is 7.88. The van der Waals surface area contributed by atoms with Gasteiger partial charge in [0.2, 0.25) is 5.91 Å². The molecular weight excluding hydrogens is 402 g/mol. The first-order valence-corrected chi connectivity index (χ1v) is 10.4. The second kappa shape index (κ2) is 9.38. The summed E-state index contributed by atoms with van der Waals surface area (Å²) in [5.74, 6) is -0.0134. The number of benzene rings is 1. The van der Waals surface area contributed by atoms with Gasteiger partial charge in [-0.2, -0.15) is 0 Å². The third-order valence-corrected chi connectivity index (χ3v) is 5.47. The zero-order valence-electron chi connectivity index (χ0n) is 16.6. The molecule has 1 aliphatic heterocycles. The lowest BCUT2D eigenvalue weighted by Gasteiger charge is -2.34. The van der Waals surface area contributed by atoms with Crippen LogP contribution in [0.5, 0.6) is 0 Å². The topological polar surface area (TPSA) is 70.0 Å². The van der Waals surface area contributed by atoms with Crippen LogP contribution in [-0.2, 0) is 11.3 Å². The van der Waals surface area contributed by atoms with Gasteiger partial charge in [0.15, 0.2) is 0 Å². The summed E-state index contributed by atoms with van der Waals surface area (Å²) in [5, 5.41) is 3.49. The van der Waals surface area contributed by atoms with E-state index in [1.807, 2.05) is 30.3 Å². The molecule has 0 atom stereocenters. The molecule has 30 heavy (non-hydrogen) atoms. The number of aromatic nitrogens is 2. The Bertz CT molecular complexity index is 1090. The van der Waals surface area contributed by atoms with Gasteiger partial charge in [0.1, 0.15) is 5.65 Å². The van der Waals surface area contributed by atoms with E-state index in [1.54, 1.807) is 28.8 Å². The summed E-state index contributed by atoms with van der Waals surface area (Å²) >= 11 is 5.95. The minimum absolute atomic E-state index is 0.0134. The molecule has 156 valence electrons. The monoisotopic (exact) mass is 425 g/mol. The van der Waals surface area contributed by atoms with Gasteiger partial charge >= 0.3 is 0 Å². The quantitative estimate of drug-likeness (QED) is 0.657. The van der Waals surface area contributed by atoms with Crippen molar-refractivity contribution in [1.29, 1.82) is 0 Å². The van der Waals surface area contributed by atoms with E-state index in [0.29, 0.717) is 23.6 Å². The average molecular weight is 426 g/mol. The number of carbonyl (C=O) groups excluding carboxylic acids is 1. The Morgan fingerprint density at radius 1 is 1.03 bits per heavy atom. The van der Waals surface area contributed by atoms with Crippen molar-refractivity contribution in [3.8, 4) is 0 Å². The SMILES string of the molecule is O=C(CCN1CCN(Cc2cc(=O)n3ccccc3n2)CC1)Nc1cccc(Cl)c1. The maximum Gasteiger partial charge on any atom is 0.258 e. The summed E-state index contributed by atoms with van der Waals surface area (Å²) in [7, 11) is 0. The van der Waals surface area contributed by atoms with Crippen LogP contribution in [0.3, 0.4) is 0 Å². The molecule has 4 rings (SSSR count). The fourth-order valence-electron chi connectivity index (χ4n) is 3.63. The molecule has 1 fully saturated rings. The predicted molar refractivity (Wildman–Crippen MR) is 118 cm³/mol. The number of halogens is 1. The number of piperazine rings is 1. The highest BCUT2D eigenvalue weighted by Crippen LogP contribution is 2.15. The van der Waals surface area contributed by atoms with Gasteiger partial charge in [0.05, 0.1) is 5.69 Å². The highest BCUT2D eigenvalue weighted by Gasteiger charge is 2.18. The van der Waals surface area contributed by atoms with Crippen molar-refractivity contribution in [2.45, 2.75) is 13.0 Å². The Kier molecular flexibility index (Phi) is 6.42. The molecule has 1 aromatic carbocycles. The van der Waals surface area contributed by atoms with Gasteiger partial charge in [0, 0.05) is 68.7 Å². The number of pyridine rings is 1. The molecule has 0 unspecified atom stereocenters. The summed E-state index contributed by atoms with van der Waals surface area (Å²) in [4.78, 5) is 33.6. The number of amides is 1. The van der Waals surface area contributed by atoms with Crippen LogP contribution in [0.4, 0.5) is 5.69 Å². The third-order valence-electron chi connectivity index (χ3n) is 5.24. The summed E-state index contributed by atoms with van der Waals surface area (Å²) in [5.41, 5.74) is 2.13. The Morgan fingerprint density at radius 3 is 2.63 bits per heavy atom. The van der Waals surface area contributed by atoms with Crippen molar-refractivity contribution in [3.05, 3.63) is 75.8 Å². The molecule has 3 aromatic rings. The molecule has 1 saturated heterocycles. The Hall–Kier alpha value is -2.74. The van der Waals surface area contributed by atoms with Crippen molar-refractivity contribution in [2.75, 3.05) is 38.0 Å². The third kappa shape index (κ3) is 5.24. The molecule has 0 saturated carbocycles. The molecule has 0 spiro atoms. The highest BCUT2D eigenvalue weighted by molar-refractivity contribution is 6.30. The summed E-state index contributed by atoms with van der Waals surface area (Å²) in [6.45, 7) is 4.91. The van der Waals surface area contributed by atoms with E-state index < -0.39 is 0 Å². The minimum Gasteiger partial charge on any atom is -0.326 e. The van der Waals surface area contributed by atoms with Gasteiger partial charge in [0.25, 0.3) is 5.56 Å². The molecule has 1 amide bonds. The normalized spacial score (nSPS) is 15.4. The molecule has 7 nitrogen and oxygen atoms in total. The Balaban J connectivity index is 1.24. The molecule has 1 aliphatic rings. The molecule has 8 heteroatoms. The molecule has 0 aliphatic carbocycles. The fraction of sp³-hybridized carbons (Fsp3) is 0.318. The van der Waals surface area contributed by atoms with Crippen molar-refractivity contribution in [2.24, 2.45) is 0 Å². The molecular formula is C22H24ClN5O2. The number of anilines is 1. The number of nitrogens with one attached hydrogen (secondary N) is 1. The van der Waals surface area contributed by atoms with Crippen LogP contribution in [0.15, 0.2) is 59.5 Å². The molecule has 1 N–H and O–H groups in total. The van der Waals surface area contributed by atoms with E-state index in [0.717, 1.165) is 44.1 Å². The van der Waals surface area contributed by atoms with Gasteiger partial charge in [-0.25, -0.2) is 4.98 Å². The van der Waals surface area contributed by atoms with Crippen LogP contribution in [0.2, 0.25) is 5.02 Å². The van der Waals surface area contributed by atoms with Crippen molar-refractivity contribution in [1.82, 2.24) is 19.2 Å². The van der Waals surface area contributed by atoms with Crippen molar-refractivity contribution < 1.29 is 4.79 Å². The number of rotatable bonds is 6. The van der Waals surface area contributed by atoms with Crippen LogP contribution >= 0.6 is 11.6 Å². The first kappa shape index (κ1) is 20.5. The first-order valence-electron chi connectivity index (χ1n) is 10.0. The van der Waals surface area contributed by atoms with Crippen molar-refractivity contribution in [3.63, 3.8) is 0 Å². The molecule has 2 aromatic heterocycles. The summed E-state index contributed by atoms with van der Waals surface area (Å²) in [6.07, 6.45) is 2.17. The van der Waals surface area contributed by atoms with Crippen molar-refractivity contribution >= 4 is 28.8 Å². The van der Waals surface area contributed by atoms with Crippen LogP contribution in [0, 0.1) is 0 Å². The smallest absolute Gasteiger partial charge is 0.258 e. The number of hydrogen-bond donors (Lipinski definition) is 1. The summed E-state index contributed by atoms with van der Waals surface area (Å²) < 4.78 is 1.55. The zero-order valence-corrected chi connectivity index (χ0v) is 17.4. The van der Waals surface area contributed by atoms with Crippen LogP contribution in [0.1, 0.15) is 12.1 Å². The highest BCUT2D eigenvalue weighted by atomic mass is 35.5. The number of hydrogen-bond acceptors (Lipinski definition) is 5. The maximum absolute atomic E-state index is 12.2. The summed E-state index contributed by atoms with van der Waals surface area (Å²) in [6, 6.07) is 14.3. The standard InChI is InChI=1S/C22H24ClN5O2/c23-17-4-3-5-18(14-17)25-21(29)7-9-26-10-12-27(13-11-26)16-19-15-22(30)28-8-2-1-6-20(28)24-19/h1-6,8,14-15H,7,9-13,16H2,(H,25,29).